The molecule has 132 valence electrons. The Hall–Kier alpha value is -1.98. The van der Waals surface area contributed by atoms with Gasteiger partial charge in [0.25, 0.3) is 5.91 Å². The summed E-state index contributed by atoms with van der Waals surface area (Å²) < 4.78 is 0. The van der Waals surface area contributed by atoms with Gasteiger partial charge in [0, 0.05) is 36.1 Å². The van der Waals surface area contributed by atoms with Gasteiger partial charge in [-0.3, -0.25) is 9.78 Å². The first-order chi connectivity index (χ1) is 12.1. The van der Waals surface area contributed by atoms with Gasteiger partial charge in [0.2, 0.25) is 0 Å². The van der Waals surface area contributed by atoms with Crippen LogP contribution in [0.5, 0.6) is 0 Å². The number of fused-ring (bicyclic) bond motifs is 2. The lowest BCUT2D eigenvalue weighted by Gasteiger charge is -2.53. The van der Waals surface area contributed by atoms with Crippen molar-refractivity contribution in [3.63, 3.8) is 0 Å². The van der Waals surface area contributed by atoms with Crippen LogP contribution in [0.2, 0.25) is 0 Å². The number of piperidine rings is 2. The summed E-state index contributed by atoms with van der Waals surface area (Å²) in [6, 6.07) is 10.1. The summed E-state index contributed by atoms with van der Waals surface area (Å²) in [5.74, 6) is -0.00346. The molecule has 0 spiro atoms. The van der Waals surface area contributed by atoms with Crippen molar-refractivity contribution in [1.29, 1.82) is 0 Å². The predicted molar refractivity (Wildman–Crippen MR) is 97.4 cm³/mol. The lowest BCUT2D eigenvalue weighted by Crippen LogP contribution is -2.62. The van der Waals surface area contributed by atoms with E-state index in [0.29, 0.717) is 18.8 Å². The summed E-state index contributed by atoms with van der Waals surface area (Å²) in [7, 11) is 2.11. The highest BCUT2D eigenvalue weighted by atomic mass is 16.3. The maximum absolute atomic E-state index is 13.0. The molecule has 1 aromatic heterocycles. The third-order valence-electron chi connectivity index (χ3n) is 6.15. The number of pyridine rings is 1. The summed E-state index contributed by atoms with van der Waals surface area (Å²) >= 11 is 0. The molecule has 2 atom stereocenters. The van der Waals surface area contributed by atoms with Crippen molar-refractivity contribution in [3.8, 4) is 0 Å². The van der Waals surface area contributed by atoms with Crippen molar-refractivity contribution in [2.24, 2.45) is 5.41 Å². The van der Waals surface area contributed by atoms with Crippen LogP contribution < -0.4 is 0 Å². The van der Waals surface area contributed by atoms with Crippen LogP contribution in [-0.4, -0.2) is 65.1 Å². The minimum atomic E-state index is -0.0550. The number of aliphatic hydroxyl groups excluding tert-OH is 1. The van der Waals surface area contributed by atoms with E-state index in [4.69, 9.17) is 0 Å². The fourth-order valence-corrected chi connectivity index (χ4v) is 4.56. The number of benzene rings is 1. The van der Waals surface area contributed by atoms with Gasteiger partial charge in [0.1, 0.15) is 5.69 Å². The lowest BCUT2D eigenvalue weighted by molar-refractivity contribution is -0.0602. The highest BCUT2D eigenvalue weighted by molar-refractivity contribution is 5.96. The quantitative estimate of drug-likeness (QED) is 0.911. The minimum Gasteiger partial charge on any atom is -0.396 e. The Morgan fingerprint density at radius 3 is 2.88 bits per heavy atom. The lowest BCUT2D eigenvalue weighted by atomic mass is 9.69. The van der Waals surface area contributed by atoms with Crippen molar-refractivity contribution < 1.29 is 9.90 Å². The molecule has 4 rings (SSSR count). The molecule has 0 aliphatic carbocycles. The Kier molecular flexibility index (Phi) is 4.21. The fourth-order valence-electron chi connectivity index (χ4n) is 4.56. The second kappa shape index (κ2) is 6.39. The Labute approximate surface area is 148 Å². The summed E-state index contributed by atoms with van der Waals surface area (Å²) in [6.07, 6.45) is 4.80. The molecule has 1 aromatic carbocycles. The first kappa shape index (κ1) is 16.5. The predicted octanol–water partition coefficient (Wildman–Crippen LogP) is 2.15. The molecule has 5 nitrogen and oxygen atoms in total. The van der Waals surface area contributed by atoms with Crippen LogP contribution in [0.15, 0.2) is 36.5 Å². The summed E-state index contributed by atoms with van der Waals surface area (Å²) in [6.45, 7) is 2.60. The van der Waals surface area contributed by atoms with Crippen molar-refractivity contribution in [1.82, 2.24) is 14.8 Å². The molecule has 0 unspecified atom stereocenters. The molecule has 0 bridgehead atoms. The zero-order chi connectivity index (χ0) is 17.4. The molecule has 3 heterocycles. The first-order valence-corrected chi connectivity index (χ1v) is 9.08. The molecule has 0 radical (unpaired) electrons. The molecule has 2 aromatic rings. The Balaban J connectivity index is 1.58. The second-order valence-corrected chi connectivity index (χ2v) is 7.54. The zero-order valence-corrected chi connectivity index (χ0v) is 14.7. The molecule has 5 heteroatoms. The minimum absolute atomic E-state index is 0.00346. The summed E-state index contributed by atoms with van der Waals surface area (Å²) in [4.78, 5) is 21.6. The number of hydrogen-bond donors (Lipinski definition) is 1. The Morgan fingerprint density at radius 2 is 2.08 bits per heavy atom. The summed E-state index contributed by atoms with van der Waals surface area (Å²) in [5, 5.41) is 12.1. The number of rotatable bonds is 2. The van der Waals surface area contributed by atoms with Gasteiger partial charge in [-0.15, -0.1) is 0 Å². The number of likely N-dealkylation sites (tertiary alicyclic amines) is 2. The molecule has 1 N–H and O–H groups in total. The summed E-state index contributed by atoms with van der Waals surface area (Å²) in [5.41, 5.74) is 0.453. The third-order valence-corrected chi connectivity index (χ3v) is 6.15. The van der Waals surface area contributed by atoms with E-state index in [9.17, 15) is 9.90 Å². The maximum atomic E-state index is 13.0. The molecule has 2 saturated heterocycles. The van der Waals surface area contributed by atoms with Gasteiger partial charge >= 0.3 is 0 Å². The van der Waals surface area contributed by atoms with Gasteiger partial charge < -0.3 is 14.9 Å². The molecular weight excluding hydrogens is 314 g/mol. The van der Waals surface area contributed by atoms with Crippen LogP contribution in [0, 0.1) is 5.41 Å². The van der Waals surface area contributed by atoms with Crippen molar-refractivity contribution >= 4 is 16.7 Å². The van der Waals surface area contributed by atoms with Gasteiger partial charge in [-0.25, -0.2) is 0 Å². The second-order valence-electron chi connectivity index (χ2n) is 7.54. The van der Waals surface area contributed by atoms with Crippen LogP contribution in [-0.2, 0) is 0 Å². The first-order valence-electron chi connectivity index (χ1n) is 9.08. The molecule has 1 amide bonds. The molecule has 2 aliphatic heterocycles. The number of carbonyl (C=O) groups is 1. The van der Waals surface area contributed by atoms with Crippen LogP contribution in [0.3, 0.4) is 0 Å². The van der Waals surface area contributed by atoms with Gasteiger partial charge in [0.15, 0.2) is 0 Å². The maximum Gasteiger partial charge on any atom is 0.272 e. The van der Waals surface area contributed by atoms with Gasteiger partial charge in [-0.2, -0.15) is 0 Å². The van der Waals surface area contributed by atoms with Crippen LogP contribution in [0.4, 0.5) is 0 Å². The number of likely N-dealkylation sites (N-methyl/N-ethyl adjacent to an activating group) is 1. The zero-order valence-electron chi connectivity index (χ0n) is 14.7. The Bertz CT molecular complexity index is 793. The SMILES string of the molecule is CN1CCC[C@]2(CO)CCN(C(=O)c3cc4ccccc4cn3)C[C@@H]12. The topological polar surface area (TPSA) is 56.7 Å². The highest BCUT2D eigenvalue weighted by Gasteiger charge is 2.47. The molecule has 2 aliphatic rings. The standard InChI is InChI=1S/C20H25N3O2/c1-22-9-4-7-20(14-24)8-10-23(13-18(20)22)19(25)17-11-15-5-2-3-6-16(15)12-21-17/h2-3,5-6,11-12,18,24H,4,7-10,13-14H2,1H3/t18-,20-/m1/s1. The normalized spacial score (nSPS) is 27.3. The van der Waals surface area contributed by atoms with E-state index >= 15 is 0 Å². The van der Waals surface area contributed by atoms with Gasteiger partial charge in [-0.1, -0.05) is 24.3 Å². The monoisotopic (exact) mass is 339 g/mol. The fraction of sp³-hybridized carbons (Fsp3) is 0.500. The number of nitrogens with zero attached hydrogens (tertiary/aromatic N) is 3. The van der Waals surface area contributed by atoms with Crippen molar-refractivity contribution in [2.45, 2.75) is 25.3 Å². The van der Waals surface area contributed by atoms with E-state index in [1.807, 2.05) is 35.2 Å². The number of aliphatic hydroxyl groups is 1. The van der Waals surface area contributed by atoms with E-state index in [1.54, 1.807) is 6.20 Å². The van der Waals surface area contributed by atoms with E-state index < -0.39 is 0 Å². The van der Waals surface area contributed by atoms with E-state index in [1.165, 1.54) is 0 Å². The average molecular weight is 339 g/mol. The number of aromatic nitrogens is 1. The van der Waals surface area contributed by atoms with Gasteiger partial charge in [0.05, 0.1) is 6.61 Å². The van der Waals surface area contributed by atoms with Crippen LogP contribution in [0.1, 0.15) is 29.8 Å². The van der Waals surface area contributed by atoms with E-state index in [-0.39, 0.29) is 24.0 Å². The van der Waals surface area contributed by atoms with Crippen molar-refractivity contribution in [2.75, 3.05) is 33.3 Å². The number of hydrogen-bond acceptors (Lipinski definition) is 4. The van der Waals surface area contributed by atoms with Crippen molar-refractivity contribution in [3.05, 3.63) is 42.2 Å². The molecule has 0 saturated carbocycles. The van der Waals surface area contributed by atoms with Gasteiger partial charge in [-0.05, 0) is 44.3 Å². The molecular formula is C20H25N3O2. The Morgan fingerprint density at radius 1 is 1.28 bits per heavy atom. The average Bonchev–Trinajstić information content (AvgIpc) is 2.67. The number of amides is 1. The van der Waals surface area contributed by atoms with Crippen LogP contribution >= 0.6 is 0 Å². The smallest absolute Gasteiger partial charge is 0.272 e. The highest BCUT2D eigenvalue weighted by Crippen LogP contribution is 2.41. The van der Waals surface area contributed by atoms with E-state index in [0.717, 1.165) is 36.6 Å². The van der Waals surface area contributed by atoms with Crippen LogP contribution in [0.25, 0.3) is 10.8 Å². The van der Waals surface area contributed by atoms with E-state index in [2.05, 4.69) is 16.9 Å². The molecule has 2 fully saturated rings. The largest absolute Gasteiger partial charge is 0.396 e. The number of carbonyl (C=O) groups excluding carboxylic acids is 1. The third kappa shape index (κ3) is 2.81. The molecule has 25 heavy (non-hydrogen) atoms.